The van der Waals surface area contributed by atoms with Crippen molar-refractivity contribution in [2.45, 2.75) is 6.10 Å². The average molecular weight is 293 g/mol. The second kappa shape index (κ2) is 4.85. The van der Waals surface area contributed by atoms with Gasteiger partial charge in [0.25, 0.3) is 0 Å². The number of hydrogen-bond acceptors (Lipinski definition) is 2. The van der Waals surface area contributed by atoms with Gasteiger partial charge >= 0.3 is 0 Å². The molecule has 0 fully saturated rings. The molecule has 2 heterocycles. The highest BCUT2D eigenvalue weighted by Gasteiger charge is 2.17. The highest BCUT2D eigenvalue weighted by Crippen LogP contribution is 2.30. The van der Waals surface area contributed by atoms with Crippen LogP contribution in [0.15, 0.2) is 48.8 Å². The minimum Gasteiger partial charge on any atom is -0.382 e. The lowest BCUT2D eigenvalue weighted by molar-refractivity contribution is 0.216. The van der Waals surface area contributed by atoms with E-state index in [4.69, 9.17) is 23.2 Å². The largest absolute Gasteiger partial charge is 0.382 e. The van der Waals surface area contributed by atoms with Crippen LogP contribution < -0.4 is 0 Å². The lowest BCUT2D eigenvalue weighted by atomic mass is 10.1. The third kappa shape index (κ3) is 2.32. The molecule has 0 radical (unpaired) electrons. The Kier molecular flexibility index (Phi) is 3.19. The summed E-state index contributed by atoms with van der Waals surface area (Å²) in [7, 11) is 0. The Morgan fingerprint density at radius 3 is 2.79 bits per heavy atom. The third-order valence-electron chi connectivity index (χ3n) is 2.92. The molecule has 96 valence electrons. The maximum Gasteiger partial charge on any atom is 0.137 e. The predicted octanol–water partition coefficient (Wildman–Crippen LogP) is 3.72. The van der Waals surface area contributed by atoms with E-state index in [9.17, 15) is 5.11 Å². The lowest BCUT2D eigenvalue weighted by Gasteiger charge is -2.10. The summed E-state index contributed by atoms with van der Waals surface area (Å²) < 4.78 is 1.84. The topological polar surface area (TPSA) is 37.5 Å². The van der Waals surface area contributed by atoms with Gasteiger partial charge in [-0.05, 0) is 30.3 Å². The molecule has 3 nitrogen and oxygen atoms in total. The highest BCUT2D eigenvalue weighted by molar-refractivity contribution is 6.33. The van der Waals surface area contributed by atoms with Gasteiger partial charge < -0.3 is 9.51 Å². The molecule has 0 saturated carbocycles. The summed E-state index contributed by atoms with van der Waals surface area (Å²) in [6, 6.07) is 10.7. The van der Waals surface area contributed by atoms with Crippen molar-refractivity contribution in [3.8, 4) is 0 Å². The molecule has 1 unspecified atom stereocenters. The van der Waals surface area contributed by atoms with Crippen molar-refractivity contribution < 1.29 is 5.11 Å². The Labute approximate surface area is 120 Å². The van der Waals surface area contributed by atoms with E-state index in [1.165, 1.54) is 0 Å². The number of pyridine rings is 1. The van der Waals surface area contributed by atoms with Gasteiger partial charge in [0.05, 0.1) is 5.69 Å². The van der Waals surface area contributed by atoms with Gasteiger partial charge in [0.1, 0.15) is 11.8 Å². The molecule has 0 amide bonds. The normalized spacial score (nSPS) is 12.8. The maximum atomic E-state index is 10.4. The van der Waals surface area contributed by atoms with Gasteiger partial charge in [-0.15, -0.1) is 0 Å². The van der Waals surface area contributed by atoms with Crippen molar-refractivity contribution in [2.75, 3.05) is 0 Å². The highest BCUT2D eigenvalue weighted by atomic mass is 35.5. The summed E-state index contributed by atoms with van der Waals surface area (Å²) in [5.41, 5.74) is 1.86. The van der Waals surface area contributed by atoms with E-state index in [-0.39, 0.29) is 0 Å². The van der Waals surface area contributed by atoms with Crippen LogP contribution in [-0.2, 0) is 0 Å². The Morgan fingerprint density at radius 1 is 1.16 bits per heavy atom. The molecule has 19 heavy (non-hydrogen) atoms. The van der Waals surface area contributed by atoms with E-state index in [2.05, 4.69) is 4.98 Å². The summed E-state index contributed by atoms with van der Waals surface area (Å²) in [5, 5.41) is 11.4. The maximum absolute atomic E-state index is 10.4. The summed E-state index contributed by atoms with van der Waals surface area (Å²) in [5.74, 6) is 0. The van der Waals surface area contributed by atoms with E-state index in [0.717, 1.165) is 5.65 Å². The number of nitrogens with zero attached hydrogens (tertiary/aromatic N) is 2. The van der Waals surface area contributed by atoms with Crippen molar-refractivity contribution in [3.05, 3.63) is 70.1 Å². The summed E-state index contributed by atoms with van der Waals surface area (Å²) in [6.07, 6.45) is 2.75. The van der Waals surface area contributed by atoms with Gasteiger partial charge in [0.2, 0.25) is 0 Å². The molecule has 0 spiro atoms. The van der Waals surface area contributed by atoms with Gasteiger partial charge in [0.15, 0.2) is 0 Å². The minimum absolute atomic E-state index is 0.467. The quantitative estimate of drug-likeness (QED) is 0.782. The van der Waals surface area contributed by atoms with E-state index >= 15 is 0 Å². The standard InChI is InChI=1S/C14H10Cl2N2O/c15-9-4-5-11(16)10(7-9)14(19)12-8-18-6-2-1-3-13(18)17-12/h1-8,14,19H. The summed E-state index contributed by atoms with van der Waals surface area (Å²) in [6.45, 7) is 0. The predicted molar refractivity (Wildman–Crippen MR) is 75.7 cm³/mol. The summed E-state index contributed by atoms with van der Waals surface area (Å²) >= 11 is 12.0. The smallest absolute Gasteiger partial charge is 0.137 e. The van der Waals surface area contributed by atoms with Crippen molar-refractivity contribution in [3.63, 3.8) is 0 Å². The number of aliphatic hydroxyl groups excluding tert-OH is 1. The zero-order chi connectivity index (χ0) is 13.4. The van der Waals surface area contributed by atoms with Gasteiger partial charge in [-0.3, -0.25) is 0 Å². The molecular formula is C14H10Cl2N2O. The molecule has 0 aliphatic rings. The average Bonchev–Trinajstić information content (AvgIpc) is 2.84. The molecule has 1 N–H and O–H groups in total. The number of halogens is 2. The van der Waals surface area contributed by atoms with E-state index in [1.807, 2.05) is 28.8 Å². The Hall–Kier alpha value is -1.55. The number of aliphatic hydroxyl groups is 1. The Morgan fingerprint density at radius 2 is 2.00 bits per heavy atom. The zero-order valence-electron chi connectivity index (χ0n) is 9.79. The third-order valence-corrected chi connectivity index (χ3v) is 3.49. The molecule has 1 aromatic carbocycles. The molecule has 0 bridgehead atoms. The SMILES string of the molecule is OC(c1cn2ccccc2n1)c1cc(Cl)ccc1Cl. The van der Waals surface area contributed by atoms with E-state index < -0.39 is 6.10 Å². The number of imidazole rings is 1. The first-order valence-electron chi connectivity index (χ1n) is 5.72. The molecule has 3 aromatic rings. The molecule has 3 rings (SSSR count). The van der Waals surface area contributed by atoms with Gasteiger partial charge in [-0.25, -0.2) is 4.98 Å². The number of hydrogen-bond donors (Lipinski definition) is 1. The van der Waals surface area contributed by atoms with Crippen LogP contribution in [0.2, 0.25) is 10.0 Å². The minimum atomic E-state index is -0.897. The number of fused-ring (bicyclic) bond motifs is 1. The van der Waals surface area contributed by atoms with Crippen molar-refractivity contribution in [2.24, 2.45) is 0 Å². The van der Waals surface area contributed by atoms with Crippen molar-refractivity contribution in [1.82, 2.24) is 9.38 Å². The second-order valence-corrected chi connectivity index (χ2v) is 5.04. The number of rotatable bonds is 2. The fourth-order valence-electron chi connectivity index (χ4n) is 1.97. The van der Waals surface area contributed by atoms with Crippen LogP contribution >= 0.6 is 23.2 Å². The fraction of sp³-hybridized carbons (Fsp3) is 0.0714. The van der Waals surface area contributed by atoms with E-state index in [0.29, 0.717) is 21.3 Å². The second-order valence-electron chi connectivity index (χ2n) is 4.20. The zero-order valence-corrected chi connectivity index (χ0v) is 11.3. The van der Waals surface area contributed by atoms with Crippen LogP contribution in [0.3, 0.4) is 0 Å². The molecular weight excluding hydrogens is 283 g/mol. The molecule has 5 heteroatoms. The van der Waals surface area contributed by atoms with Crippen LogP contribution in [0, 0.1) is 0 Å². The van der Waals surface area contributed by atoms with Crippen LogP contribution in [-0.4, -0.2) is 14.5 Å². The lowest BCUT2D eigenvalue weighted by Crippen LogP contribution is -2.00. The monoisotopic (exact) mass is 292 g/mol. The number of aromatic nitrogens is 2. The van der Waals surface area contributed by atoms with Crippen LogP contribution in [0.1, 0.15) is 17.4 Å². The molecule has 2 aromatic heterocycles. The van der Waals surface area contributed by atoms with Gasteiger partial charge in [-0.1, -0.05) is 29.3 Å². The Balaban J connectivity index is 2.07. The molecule has 0 saturated heterocycles. The van der Waals surface area contributed by atoms with Crippen LogP contribution in [0.25, 0.3) is 5.65 Å². The first-order valence-corrected chi connectivity index (χ1v) is 6.47. The van der Waals surface area contributed by atoms with Crippen molar-refractivity contribution in [1.29, 1.82) is 0 Å². The molecule has 0 aliphatic carbocycles. The van der Waals surface area contributed by atoms with Gasteiger partial charge in [0, 0.05) is 28.0 Å². The van der Waals surface area contributed by atoms with Gasteiger partial charge in [-0.2, -0.15) is 0 Å². The first-order chi connectivity index (χ1) is 9.15. The Bertz CT molecular complexity index is 706. The first kappa shape index (κ1) is 12.5. The number of benzene rings is 1. The molecule has 0 aliphatic heterocycles. The fourth-order valence-corrected chi connectivity index (χ4v) is 2.37. The van der Waals surface area contributed by atoms with Crippen molar-refractivity contribution >= 4 is 28.8 Å². The molecule has 1 atom stereocenters. The summed E-state index contributed by atoms with van der Waals surface area (Å²) in [4.78, 5) is 4.37. The van der Waals surface area contributed by atoms with Crippen LogP contribution in [0.4, 0.5) is 0 Å². The van der Waals surface area contributed by atoms with Crippen LogP contribution in [0.5, 0.6) is 0 Å². The van der Waals surface area contributed by atoms with E-state index in [1.54, 1.807) is 24.4 Å².